The Bertz CT molecular complexity index is 391. The first-order valence-corrected chi connectivity index (χ1v) is 6.21. The molecule has 4 nitrogen and oxygen atoms in total. The van der Waals surface area contributed by atoms with Gasteiger partial charge < -0.3 is 15.4 Å². The summed E-state index contributed by atoms with van der Waals surface area (Å²) in [5.41, 5.74) is 6.46. The van der Waals surface area contributed by atoms with Crippen LogP contribution in [0, 0.1) is 0 Å². The average molecular weight is 250 g/mol. The Morgan fingerprint density at radius 1 is 1.39 bits per heavy atom. The Kier molecular flexibility index (Phi) is 5.65. The summed E-state index contributed by atoms with van der Waals surface area (Å²) >= 11 is 0. The van der Waals surface area contributed by atoms with Crippen molar-refractivity contribution >= 4 is 5.91 Å². The van der Waals surface area contributed by atoms with Gasteiger partial charge in [0, 0.05) is 31.1 Å². The van der Waals surface area contributed by atoms with Crippen LogP contribution in [0.4, 0.5) is 0 Å². The summed E-state index contributed by atoms with van der Waals surface area (Å²) in [7, 11) is 1.64. The molecule has 18 heavy (non-hydrogen) atoms. The maximum Gasteiger partial charge on any atom is 0.224 e. The van der Waals surface area contributed by atoms with Crippen LogP contribution >= 0.6 is 0 Å². The number of ether oxygens (including phenoxy) is 1. The fraction of sp³-hybridized carbons (Fsp3) is 0.500. The highest BCUT2D eigenvalue weighted by molar-refractivity contribution is 5.76. The smallest absolute Gasteiger partial charge is 0.224 e. The van der Waals surface area contributed by atoms with Gasteiger partial charge in [0.05, 0.1) is 7.11 Å². The standard InChI is InChI=1S/C14H22N2O2/c1-11(2)16(14(17)8-9-15)10-12-6-4-5-7-13(12)18-3/h4-7,11H,8-10,15H2,1-3H3. The van der Waals surface area contributed by atoms with Gasteiger partial charge in [-0.2, -0.15) is 0 Å². The van der Waals surface area contributed by atoms with Gasteiger partial charge in [-0.3, -0.25) is 4.79 Å². The first-order chi connectivity index (χ1) is 8.60. The molecule has 0 heterocycles. The van der Waals surface area contributed by atoms with Crippen LogP contribution in [-0.4, -0.2) is 30.5 Å². The third-order valence-electron chi connectivity index (χ3n) is 2.84. The molecule has 0 bridgehead atoms. The summed E-state index contributed by atoms with van der Waals surface area (Å²) in [6.45, 7) is 4.95. The van der Waals surface area contributed by atoms with Crippen molar-refractivity contribution in [2.24, 2.45) is 5.73 Å². The first kappa shape index (κ1) is 14.5. The molecule has 0 aliphatic carbocycles. The molecule has 0 aromatic heterocycles. The summed E-state index contributed by atoms with van der Waals surface area (Å²) in [5.74, 6) is 0.891. The lowest BCUT2D eigenvalue weighted by atomic mass is 10.1. The third-order valence-corrected chi connectivity index (χ3v) is 2.84. The Morgan fingerprint density at radius 3 is 2.61 bits per heavy atom. The van der Waals surface area contributed by atoms with Gasteiger partial charge in [-0.15, -0.1) is 0 Å². The number of amides is 1. The quantitative estimate of drug-likeness (QED) is 0.837. The zero-order chi connectivity index (χ0) is 13.5. The van der Waals surface area contributed by atoms with Crippen LogP contribution in [0.15, 0.2) is 24.3 Å². The molecule has 0 unspecified atom stereocenters. The number of nitrogens with two attached hydrogens (primary N) is 1. The van der Waals surface area contributed by atoms with E-state index >= 15 is 0 Å². The number of rotatable bonds is 6. The number of para-hydroxylation sites is 1. The molecule has 0 aliphatic rings. The molecule has 0 saturated carbocycles. The number of benzene rings is 1. The topological polar surface area (TPSA) is 55.6 Å². The highest BCUT2D eigenvalue weighted by atomic mass is 16.5. The van der Waals surface area contributed by atoms with Gasteiger partial charge >= 0.3 is 0 Å². The molecule has 1 aromatic carbocycles. The van der Waals surface area contributed by atoms with E-state index in [1.54, 1.807) is 7.11 Å². The van der Waals surface area contributed by atoms with Gasteiger partial charge in [0.15, 0.2) is 0 Å². The van der Waals surface area contributed by atoms with E-state index in [9.17, 15) is 4.79 Å². The molecule has 1 aromatic rings. The monoisotopic (exact) mass is 250 g/mol. The van der Waals surface area contributed by atoms with Crippen molar-refractivity contribution in [1.29, 1.82) is 0 Å². The van der Waals surface area contributed by atoms with Gasteiger partial charge in [0.25, 0.3) is 0 Å². The van der Waals surface area contributed by atoms with E-state index in [0.29, 0.717) is 19.5 Å². The molecular weight excluding hydrogens is 228 g/mol. The number of hydrogen-bond acceptors (Lipinski definition) is 3. The summed E-state index contributed by atoms with van der Waals surface area (Å²) < 4.78 is 5.30. The SMILES string of the molecule is COc1ccccc1CN(C(=O)CCN)C(C)C. The first-order valence-electron chi connectivity index (χ1n) is 6.21. The van der Waals surface area contributed by atoms with Gasteiger partial charge in [0.1, 0.15) is 5.75 Å². The molecule has 0 atom stereocenters. The number of hydrogen-bond donors (Lipinski definition) is 1. The molecule has 0 saturated heterocycles. The number of methoxy groups -OCH3 is 1. The lowest BCUT2D eigenvalue weighted by Crippen LogP contribution is -2.37. The molecule has 1 rings (SSSR count). The fourth-order valence-corrected chi connectivity index (χ4v) is 1.84. The van der Waals surface area contributed by atoms with E-state index in [1.165, 1.54) is 0 Å². The van der Waals surface area contributed by atoms with Gasteiger partial charge in [-0.05, 0) is 19.9 Å². The van der Waals surface area contributed by atoms with Crippen molar-refractivity contribution in [3.8, 4) is 5.75 Å². The maximum absolute atomic E-state index is 12.0. The molecule has 1 amide bonds. The summed E-state index contributed by atoms with van der Waals surface area (Å²) in [5, 5.41) is 0. The highest BCUT2D eigenvalue weighted by Gasteiger charge is 2.17. The summed E-state index contributed by atoms with van der Waals surface area (Å²) in [4.78, 5) is 13.8. The van der Waals surface area contributed by atoms with Crippen LogP contribution < -0.4 is 10.5 Å². The minimum atomic E-state index is 0.0819. The Balaban J connectivity index is 2.86. The minimum absolute atomic E-state index is 0.0819. The fourth-order valence-electron chi connectivity index (χ4n) is 1.84. The molecule has 4 heteroatoms. The summed E-state index contributed by atoms with van der Waals surface area (Å²) in [6.07, 6.45) is 0.382. The summed E-state index contributed by atoms with van der Waals surface area (Å²) in [6, 6.07) is 7.90. The normalized spacial score (nSPS) is 10.5. The Hall–Kier alpha value is -1.55. The largest absolute Gasteiger partial charge is 0.496 e. The zero-order valence-electron chi connectivity index (χ0n) is 11.3. The van der Waals surface area contributed by atoms with Crippen molar-refractivity contribution in [2.45, 2.75) is 32.9 Å². The van der Waals surface area contributed by atoms with Gasteiger partial charge in [-0.25, -0.2) is 0 Å². The lowest BCUT2D eigenvalue weighted by molar-refractivity contribution is -0.133. The zero-order valence-corrected chi connectivity index (χ0v) is 11.3. The van der Waals surface area contributed by atoms with E-state index < -0.39 is 0 Å². The highest BCUT2D eigenvalue weighted by Crippen LogP contribution is 2.20. The second-order valence-corrected chi connectivity index (χ2v) is 4.47. The molecule has 100 valence electrons. The van der Waals surface area contributed by atoms with Crippen molar-refractivity contribution < 1.29 is 9.53 Å². The second kappa shape index (κ2) is 7.01. The van der Waals surface area contributed by atoms with E-state index in [0.717, 1.165) is 11.3 Å². The molecule has 0 radical (unpaired) electrons. The van der Waals surface area contributed by atoms with Crippen molar-refractivity contribution in [3.63, 3.8) is 0 Å². The minimum Gasteiger partial charge on any atom is -0.496 e. The Morgan fingerprint density at radius 2 is 2.06 bits per heavy atom. The van der Waals surface area contributed by atoms with E-state index in [-0.39, 0.29) is 11.9 Å². The van der Waals surface area contributed by atoms with Gasteiger partial charge in [-0.1, -0.05) is 18.2 Å². The van der Waals surface area contributed by atoms with Crippen molar-refractivity contribution in [2.75, 3.05) is 13.7 Å². The molecule has 2 N–H and O–H groups in total. The maximum atomic E-state index is 12.0. The van der Waals surface area contributed by atoms with E-state index in [1.807, 2.05) is 43.0 Å². The van der Waals surface area contributed by atoms with Crippen molar-refractivity contribution in [3.05, 3.63) is 29.8 Å². The average Bonchev–Trinajstić information content (AvgIpc) is 2.36. The number of carbonyl (C=O) groups excluding carboxylic acids is 1. The number of nitrogens with zero attached hydrogens (tertiary/aromatic N) is 1. The van der Waals surface area contributed by atoms with Crippen LogP contribution in [0.2, 0.25) is 0 Å². The van der Waals surface area contributed by atoms with Crippen LogP contribution in [0.25, 0.3) is 0 Å². The van der Waals surface area contributed by atoms with E-state index in [2.05, 4.69) is 0 Å². The van der Waals surface area contributed by atoms with Crippen LogP contribution in [0.3, 0.4) is 0 Å². The number of carbonyl (C=O) groups is 1. The van der Waals surface area contributed by atoms with Crippen LogP contribution in [0.1, 0.15) is 25.8 Å². The predicted octanol–water partition coefficient (Wildman–Crippen LogP) is 1.78. The molecule has 0 fully saturated rings. The van der Waals surface area contributed by atoms with Crippen LogP contribution in [0.5, 0.6) is 5.75 Å². The second-order valence-electron chi connectivity index (χ2n) is 4.47. The van der Waals surface area contributed by atoms with E-state index in [4.69, 9.17) is 10.5 Å². The lowest BCUT2D eigenvalue weighted by Gasteiger charge is -2.27. The van der Waals surface area contributed by atoms with Crippen LogP contribution in [-0.2, 0) is 11.3 Å². The molecular formula is C14H22N2O2. The predicted molar refractivity (Wildman–Crippen MR) is 72.4 cm³/mol. The molecule has 0 aliphatic heterocycles. The Labute approximate surface area is 109 Å². The third kappa shape index (κ3) is 3.74. The van der Waals surface area contributed by atoms with Crippen molar-refractivity contribution in [1.82, 2.24) is 4.90 Å². The van der Waals surface area contributed by atoms with Gasteiger partial charge in [0.2, 0.25) is 5.91 Å². The molecule has 0 spiro atoms.